The number of rotatable bonds is 4. The fourth-order valence-corrected chi connectivity index (χ4v) is 1.36. The van der Waals surface area contributed by atoms with Crippen LogP contribution in [-0.4, -0.2) is 12.5 Å². The van der Waals surface area contributed by atoms with Crippen molar-refractivity contribution in [2.24, 2.45) is 5.73 Å². The molecule has 3 N–H and O–H groups in total. The SMILES string of the molecule is Cc1ccc(CNCC(N)=O)c(C)c1. The number of carbonyl (C=O) groups is 1. The third-order valence-electron chi connectivity index (χ3n) is 2.11. The summed E-state index contributed by atoms with van der Waals surface area (Å²) in [5, 5.41) is 2.99. The van der Waals surface area contributed by atoms with E-state index in [0.717, 1.165) is 0 Å². The van der Waals surface area contributed by atoms with Crippen molar-refractivity contribution in [1.82, 2.24) is 5.32 Å². The number of aryl methyl sites for hydroxylation is 2. The number of primary amides is 1. The Labute approximate surface area is 84.3 Å². The first-order chi connectivity index (χ1) is 6.59. The topological polar surface area (TPSA) is 55.1 Å². The van der Waals surface area contributed by atoms with E-state index in [1.54, 1.807) is 0 Å². The van der Waals surface area contributed by atoms with Crippen molar-refractivity contribution in [3.05, 3.63) is 34.9 Å². The van der Waals surface area contributed by atoms with Gasteiger partial charge < -0.3 is 11.1 Å². The molecule has 1 aromatic carbocycles. The van der Waals surface area contributed by atoms with E-state index in [1.165, 1.54) is 16.7 Å². The lowest BCUT2D eigenvalue weighted by Crippen LogP contribution is -2.28. The highest BCUT2D eigenvalue weighted by Crippen LogP contribution is 2.09. The minimum absolute atomic E-state index is 0.229. The zero-order valence-electron chi connectivity index (χ0n) is 8.63. The summed E-state index contributed by atoms with van der Waals surface area (Å²) in [5.74, 6) is -0.324. The number of carbonyl (C=O) groups excluding carboxylic acids is 1. The minimum atomic E-state index is -0.324. The van der Waals surface area contributed by atoms with E-state index in [2.05, 4.69) is 37.4 Å². The second kappa shape index (κ2) is 4.77. The van der Waals surface area contributed by atoms with E-state index in [0.29, 0.717) is 6.54 Å². The van der Waals surface area contributed by atoms with Gasteiger partial charge in [-0.15, -0.1) is 0 Å². The van der Waals surface area contributed by atoms with E-state index in [1.807, 2.05) is 0 Å². The molecule has 0 spiro atoms. The molecule has 0 atom stereocenters. The molecule has 1 amide bonds. The largest absolute Gasteiger partial charge is 0.369 e. The van der Waals surface area contributed by atoms with Crippen molar-refractivity contribution >= 4 is 5.91 Å². The molecule has 0 radical (unpaired) electrons. The Morgan fingerprint density at radius 2 is 2.14 bits per heavy atom. The average molecular weight is 192 g/mol. The molecule has 0 heterocycles. The molecule has 3 nitrogen and oxygen atoms in total. The lowest BCUT2D eigenvalue weighted by atomic mass is 10.1. The molecule has 0 fully saturated rings. The Morgan fingerprint density at radius 1 is 1.43 bits per heavy atom. The molecule has 0 aliphatic carbocycles. The highest BCUT2D eigenvalue weighted by molar-refractivity contribution is 5.75. The quantitative estimate of drug-likeness (QED) is 0.744. The molecule has 1 rings (SSSR count). The van der Waals surface area contributed by atoms with Crippen LogP contribution in [0.2, 0.25) is 0 Å². The van der Waals surface area contributed by atoms with Gasteiger partial charge in [-0.1, -0.05) is 23.8 Å². The van der Waals surface area contributed by atoms with Crippen LogP contribution in [0.5, 0.6) is 0 Å². The van der Waals surface area contributed by atoms with Crippen LogP contribution in [0, 0.1) is 13.8 Å². The summed E-state index contributed by atoms with van der Waals surface area (Å²) in [6, 6.07) is 6.26. The van der Waals surface area contributed by atoms with Gasteiger partial charge in [0, 0.05) is 6.54 Å². The van der Waals surface area contributed by atoms with E-state index < -0.39 is 0 Å². The van der Waals surface area contributed by atoms with E-state index in [4.69, 9.17) is 5.73 Å². The molecule has 0 saturated carbocycles. The van der Waals surface area contributed by atoms with Gasteiger partial charge in [-0.25, -0.2) is 0 Å². The average Bonchev–Trinajstić information content (AvgIpc) is 2.08. The summed E-state index contributed by atoms with van der Waals surface area (Å²) in [7, 11) is 0. The highest BCUT2D eigenvalue weighted by Gasteiger charge is 1.98. The number of nitrogens with two attached hydrogens (primary N) is 1. The summed E-state index contributed by atoms with van der Waals surface area (Å²) in [6.07, 6.45) is 0. The van der Waals surface area contributed by atoms with Gasteiger partial charge >= 0.3 is 0 Å². The van der Waals surface area contributed by atoms with E-state index in [-0.39, 0.29) is 12.5 Å². The maximum absolute atomic E-state index is 10.5. The molecule has 3 heteroatoms. The minimum Gasteiger partial charge on any atom is -0.369 e. The Kier molecular flexibility index (Phi) is 3.65. The van der Waals surface area contributed by atoms with Crippen LogP contribution in [-0.2, 0) is 11.3 Å². The monoisotopic (exact) mass is 192 g/mol. The van der Waals surface area contributed by atoms with Crippen molar-refractivity contribution < 1.29 is 4.79 Å². The molecule has 0 saturated heterocycles. The molecule has 0 unspecified atom stereocenters. The molecule has 0 aliphatic rings. The summed E-state index contributed by atoms with van der Waals surface area (Å²) >= 11 is 0. The van der Waals surface area contributed by atoms with Crippen molar-refractivity contribution in [2.75, 3.05) is 6.54 Å². The van der Waals surface area contributed by atoms with Gasteiger partial charge in [-0.2, -0.15) is 0 Å². The number of hydrogen-bond donors (Lipinski definition) is 2. The molecule has 76 valence electrons. The van der Waals surface area contributed by atoms with Gasteiger partial charge in [0.05, 0.1) is 6.54 Å². The zero-order chi connectivity index (χ0) is 10.6. The second-order valence-electron chi connectivity index (χ2n) is 3.50. The lowest BCUT2D eigenvalue weighted by Gasteiger charge is -2.07. The van der Waals surface area contributed by atoms with Gasteiger partial charge in [0.15, 0.2) is 0 Å². The lowest BCUT2D eigenvalue weighted by molar-refractivity contribution is -0.117. The Bertz CT molecular complexity index is 334. The molecule has 0 bridgehead atoms. The number of benzene rings is 1. The van der Waals surface area contributed by atoms with Crippen LogP contribution < -0.4 is 11.1 Å². The molecular weight excluding hydrogens is 176 g/mol. The van der Waals surface area contributed by atoms with Crippen molar-refractivity contribution in [1.29, 1.82) is 0 Å². The number of hydrogen-bond acceptors (Lipinski definition) is 2. The van der Waals surface area contributed by atoms with Gasteiger partial charge in [-0.05, 0) is 25.0 Å². The maximum atomic E-state index is 10.5. The van der Waals surface area contributed by atoms with Crippen LogP contribution in [0.1, 0.15) is 16.7 Å². The van der Waals surface area contributed by atoms with Crippen molar-refractivity contribution in [3.8, 4) is 0 Å². The van der Waals surface area contributed by atoms with Crippen LogP contribution in [0.15, 0.2) is 18.2 Å². The first kappa shape index (κ1) is 10.7. The Morgan fingerprint density at radius 3 is 2.71 bits per heavy atom. The maximum Gasteiger partial charge on any atom is 0.231 e. The van der Waals surface area contributed by atoms with Crippen LogP contribution in [0.25, 0.3) is 0 Å². The summed E-state index contributed by atoms with van der Waals surface area (Å²) < 4.78 is 0. The van der Waals surface area contributed by atoms with Crippen LogP contribution >= 0.6 is 0 Å². The molecule has 1 aromatic rings. The summed E-state index contributed by atoms with van der Waals surface area (Å²) in [4.78, 5) is 10.5. The molecule has 0 aromatic heterocycles. The first-order valence-electron chi connectivity index (χ1n) is 4.65. The first-order valence-corrected chi connectivity index (χ1v) is 4.65. The van der Waals surface area contributed by atoms with Crippen LogP contribution in [0.4, 0.5) is 0 Å². The normalized spacial score (nSPS) is 10.1. The Hall–Kier alpha value is -1.35. The molecule has 0 aliphatic heterocycles. The smallest absolute Gasteiger partial charge is 0.231 e. The zero-order valence-corrected chi connectivity index (χ0v) is 8.63. The standard InChI is InChI=1S/C11H16N2O/c1-8-3-4-10(9(2)5-8)6-13-7-11(12)14/h3-5,13H,6-7H2,1-2H3,(H2,12,14). The number of nitrogens with one attached hydrogen (secondary N) is 1. The fourth-order valence-electron chi connectivity index (χ4n) is 1.36. The van der Waals surface area contributed by atoms with Crippen molar-refractivity contribution in [2.45, 2.75) is 20.4 Å². The van der Waals surface area contributed by atoms with Gasteiger partial charge in [-0.3, -0.25) is 4.79 Å². The van der Waals surface area contributed by atoms with E-state index in [9.17, 15) is 4.79 Å². The van der Waals surface area contributed by atoms with Crippen LogP contribution in [0.3, 0.4) is 0 Å². The fraction of sp³-hybridized carbons (Fsp3) is 0.364. The molecule has 14 heavy (non-hydrogen) atoms. The summed E-state index contributed by atoms with van der Waals surface area (Å²) in [5.41, 5.74) is 8.71. The summed E-state index contributed by atoms with van der Waals surface area (Å²) in [6.45, 7) is 5.05. The predicted molar refractivity (Wildman–Crippen MR) is 56.8 cm³/mol. The van der Waals surface area contributed by atoms with Gasteiger partial charge in [0.25, 0.3) is 0 Å². The number of amides is 1. The van der Waals surface area contributed by atoms with E-state index >= 15 is 0 Å². The third-order valence-corrected chi connectivity index (χ3v) is 2.11. The molecular formula is C11H16N2O. The van der Waals surface area contributed by atoms with Gasteiger partial charge in [0.1, 0.15) is 0 Å². The highest BCUT2D eigenvalue weighted by atomic mass is 16.1. The van der Waals surface area contributed by atoms with Gasteiger partial charge in [0.2, 0.25) is 5.91 Å². The van der Waals surface area contributed by atoms with Crippen molar-refractivity contribution in [3.63, 3.8) is 0 Å². The Balaban J connectivity index is 2.55. The second-order valence-corrected chi connectivity index (χ2v) is 3.50. The predicted octanol–water partition coefficient (Wildman–Crippen LogP) is 0.878. The third kappa shape index (κ3) is 3.18.